The van der Waals surface area contributed by atoms with Gasteiger partial charge in [0.1, 0.15) is 0 Å². The van der Waals surface area contributed by atoms with Gasteiger partial charge in [-0.05, 0) is 6.42 Å². The minimum Gasteiger partial charge on any atom is -0.481 e. The largest absolute Gasteiger partial charge is 0.481 e. The minimum atomic E-state index is -1.14. The average molecular weight is 148 g/mol. The molecule has 0 saturated carbocycles. The highest BCUT2D eigenvalue weighted by molar-refractivity contribution is 5.67. The van der Waals surface area contributed by atoms with E-state index in [9.17, 15) is 4.79 Å². The van der Waals surface area contributed by atoms with Crippen LogP contribution in [-0.2, 0) is 4.79 Å². The summed E-state index contributed by atoms with van der Waals surface area (Å²) < 4.78 is 0. The average Bonchev–Trinajstić information content (AvgIpc) is 1.85. The van der Waals surface area contributed by atoms with Gasteiger partial charge in [-0.1, -0.05) is 6.92 Å². The van der Waals surface area contributed by atoms with Crippen LogP contribution < -0.4 is 0 Å². The van der Waals surface area contributed by atoms with Gasteiger partial charge in [-0.3, -0.25) is 4.79 Å². The number of aliphatic hydroxyl groups excluding tert-OH is 2. The van der Waals surface area contributed by atoms with Crippen molar-refractivity contribution in [2.45, 2.75) is 32.0 Å². The molecule has 0 aromatic rings. The van der Waals surface area contributed by atoms with Crippen LogP contribution in [0.25, 0.3) is 0 Å². The molecule has 0 aromatic heterocycles. The summed E-state index contributed by atoms with van der Waals surface area (Å²) in [6.45, 7) is 1.68. The molecule has 0 aliphatic rings. The fourth-order valence-electron chi connectivity index (χ4n) is 0.587. The fraction of sp³-hybridized carbons (Fsp3) is 0.833. The number of rotatable bonds is 4. The summed E-state index contributed by atoms with van der Waals surface area (Å²) in [5.74, 6) is -1.10. The van der Waals surface area contributed by atoms with Crippen LogP contribution in [0.4, 0.5) is 0 Å². The van der Waals surface area contributed by atoms with Crippen molar-refractivity contribution in [3.63, 3.8) is 0 Å². The Morgan fingerprint density at radius 2 is 1.90 bits per heavy atom. The Bertz CT molecular complexity index is 112. The third-order valence-corrected chi connectivity index (χ3v) is 1.25. The molecule has 4 nitrogen and oxygen atoms in total. The van der Waals surface area contributed by atoms with E-state index in [1.54, 1.807) is 6.92 Å². The van der Waals surface area contributed by atoms with Gasteiger partial charge in [0.25, 0.3) is 0 Å². The van der Waals surface area contributed by atoms with Crippen molar-refractivity contribution in [1.82, 2.24) is 0 Å². The summed E-state index contributed by atoms with van der Waals surface area (Å²) in [4.78, 5) is 9.96. The Labute approximate surface area is 59.1 Å². The summed E-state index contributed by atoms with van der Waals surface area (Å²) in [5, 5.41) is 25.9. The van der Waals surface area contributed by atoms with E-state index in [-0.39, 0.29) is 0 Å². The normalized spacial score (nSPS) is 16.3. The second-order valence-electron chi connectivity index (χ2n) is 2.14. The number of aliphatic hydroxyl groups is 2. The lowest BCUT2D eigenvalue weighted by Crippen LogP contribution is -2.27. The van der Waals surface area contributed by atoms with Crippen molar-refractivity contribution < 1.29 is 20.1 Å². The van der Waals surface area contributed by atoms with E-state index in [1.165, 1.54) is 0 Å². The molecule has 0 saturated heterocycles. The van der Waals surface area contributed by atoms with Crippen LogP contribution in [0.3, 0.4) is 0 Å². The predicted octanol–water partition coefficient (Wildman–Crippen LogP) is -0.407. The molecule has 4 heteroatoms. The van der Waals surface area contributed by atoms with Crippen molar-refractivity contribution in [3.8, 4) is 0 Å². The highest BCUT2D eigenvalue weighted by Gasteiger charge is 2.16. The molecule has 0 heterocycles. The summed E-state index contributed by atoms with van der Waals surface area (Å²) in [5.41, 5.74) is 0. The van der Waals surface area contributed by atoms with Gasteiger partial charge < -0.3 is 15.3 Å². The zero-order valence-electron chi connectivity index (χ0n) is 5.82. The first-order chi connectivity index (χ1) is 4.57. The molecule has 3 N–H and O–H groups in total. The first kappa shape index (κ1) is 9.39. The number of carboxylic acid groups (broad SMARTS) is 1. The molecule has 0 fully saturated rings. The maximum absolute atomic E-state index is 9.96. The van der Waals surface area contributed by atoms with Crippen molar-refractivity contribution in [3.05, 3.63) is 0 Å². The van der Waals surface area contributed by atoms with E-state index in [2.05, 4.69) is 0 Å². The lowest BCUT2D eigenvalue weighted by molar-refractivity contribution is -0.141. The molecule has 0 aliphatic carbocycles. The topological polar surface area (TPSA) is 77.8 Å². The van der Waals surface area contributed by atoms with Crippen LogP contribution in [0.15, 0.2) is 0 Å². The van der Waals surface area contributed by atoms with Crippen molar-refractivity contribution in [2.75, 3.05) is 0 Å². The maximum Gasteiger partial charge on any atom is 0.306 e. The van der Waals surface area contributed by atoms with E-state index < -0.39 is 24.6 Å². The Morgan fingerprint density at radius 3 is 2.20 bits per heavy atom. The van der Waals surface area contributed by atoms with Gasteiger partial charge in [0.15, 0.2) is 0 Å². The van der Waals surface area contributed by atoms with Gasteiger partial charge in [-0.2, -0.15) is 0 Å². The monoisotopic (exact) mass is 148 g/mol. The molecule has 0 spiro atoms. The lowest BCUT2D eigenvalue weighted by atomic mass is 10.1. The van der Waals surface area contributed by atoms with E-state index in [4.69, 9.17) is 15.3 Å². The van der Waals surface area contributed by atoms with E-state index in [0.29, 0.717) is 6.42 Å². The zero-order chi connectivity index (χ0) is 8.15. The molecular weight excluding hydrogens is 136 g/mol. The fourth-order valence-corrected chi connectivity index (χ4v) is 0.587. The summed E-state index contributed by atoms with van der Waals surface area (Å²) in [6, 6.07) is 0. The molecule has 2 atom stereocenters. The van der Waals surface area contributed by atoms with Crippen LogP contribution in [0, 0.1) is 0 Å². The Kier molecular flexibility index (Phi) is 3.99. The summed E-state index contributed by atoms with van der Waals surface area (Å²) in [6.07, 6.45) is -2.08. The highest BCUT2D eigenvalue weighted by Crippen LogP contribution is 2.01. The standard InChI is InChI=1S/C6H12O4/c1-2-4(7)5(8)3-6(9)10/h4-5,7-8H,2-3H2,1H3,(H,9,10)/t4-,5-/m1/s1. The maximum atomic E-state index is 9.96. The summed E-state index contributed by atoms with van der Waals surface area (Å²) in [7, 11) is 0. The predicted molar refractivity (Wildman–Crippen MR) is 34.6 cm³/mol. The van der Waals surface area contributed by atoms with Crippen LogP contribution in [-0.4, -0.2) is 33.5 Å². The van der Waals surface area contributed by atoms with Crippen molar-refractivity contribution >= 4 is 5.97 Å². The van der Waals surface area contributed by atoms with Crippen LogP contribution in [0.1, 0.15) is 19.8 Å². The minimum absolute atomic E-state index is 0.369. The second kappa shape index (κ2) is 4.24. The van der Waals surface area contributed by atoms with Gasteiger partial charge in [0.2, 0.25) is 0 Å². The SMILES string of the molecule is CC[C@@H](O)[C@H](O)CC(=O)O. The Morgan fingerprint density at radius 1 is 1.40 bits per heavy atom. The van der Waals surface area contributed by atoms with E-state index in [1.807, 2.05) is 0 Å². The smallest absolute Gasteiger partial charge is 0.306 e. The molecule has 60 valence electrons. The van der Waals surface area contributed by atoms with Gasteiger partial charge in [-0.15, -0.1) is 0 Å². The molecule has 0 aromatic carbocycles. The van der Waals surface area contributed by atoms with E-state index in [0.717, 1.165) is 0 Å². The quantitative estimate of drug-likeness (QED) is 0.506. The Hall–Kier alpha value is -0.610. The third kappa shape index (κ3) is 3.42. The highest BCUT2D eigenvalue weighted by atomic mass is 16.4. The molecule has 0 aliphatic heterocycles. The molecule has 0 rings (SSSR count). The number of carboxylic acids is 1. The zero-order valence-corrected chi connectivity index (χ0v) is 5.82. The van der Waals surface area contributed by atoms with Crippen LogP contribution >= 0.6 is 0 Å². The molecular formula is C6H12O4. The molecule has 0 radical (unpaired) electrons. The summed E-state index contributed by atoms with van der Waals surface area (Å²) >= 11 is 0. The van der Waals surface area contributed by atoms with E-state index >= 15 is 0 Å². The first-order valence-corrected chi connectivity index (χ1v) is 3.15. The van der Waals surface area contributed by atoms with Gasteiger partial charge in [-0.25, -0.2) is 0 Å². The number of hydrogen-bond donors (Lipinski definition) is 3. The second-order valence-corrected chi connectivity index (χ2v) is 2.14. The van der Waals surface area contributed by atoms with Gasteiger partial charge in [0.05, 0.1) is 18.6 Å². The van der Waals surface area contributed by atoms with Gasteiger partial charge >= 0.3 is 5.97 Å². The number of hydrogen-bond acceptors (Lipinski definition) is 3. The number of carbonyl (C=O) groups is 1. The first-order valence-electron chi connectivity index (χ1n) is 3.15. The van der Waals surface area contributed by atoms with Crippen molar-refractivity contribution in [1.29, 1.82) is 0 Å². The lowest BCUT2D eigenvalue weighted by Gasteiger charge is -2.12. The Balaban J connectivity index is 3.61. The van der Waals surface area contributed by atoms with Gasteiger partial charge in [0, 0.05) is 0 Å². The molecule has 0 unspecified atom stereocenters. The van der Waals surface area contributed by atoms with Crippen molar-refractivity contribution in [2.24, 2.45) is 0 Å². The number of aliphatic carboxylic acids is 1. The molecule has 0 amide bonds. The molecule has 0 bridgehead atoms. The third-order valence-electron chi connectivity index (χ3n) is 1.25. The van der Waals surface area contributed by atoms with Crippen LogP contribution in [0.5, 0.6) is 0 Å². The molecule has 10 heavy (non-hydrogen) atoms. The van der Waals surface area contributed by atoms with Crippen LogP contribution in [0.2, 0.25) is 0 Å².